The average molecular weight is 204 g/mol. The van der Waals surface area contributed by atoms with Gasteiger partial charge in [-0.3, -0.25) is 4.68 Å². The minimum absolute atomic E-state index is 0.680. The maximum atomic E-state index is 8.95. The molecule has 4 nitrogen and oxygen atoms in total. The zero-order chi connectivity index (χ0) is 11.0. The summed E-state index contributed by atoms with van der Waals surface area (Å²) in [7, 11) is 1.85. The standard InChI is InChI=1S/C11H16N4/c1-8(2)10-6-15(7-10)11-9(4-12)5-14(3)13-11/h5,8,10H,6-7H2,1-3H3. The highest BCUT2D eigenvalue weighted by molar-refractivity contribution is 5.54. The molecule has 2 rings (SSSR count). The summed E-state index contributed by atoms with van der Waals surface area (Å²) >= 11 is 0. The zero-order valence-electron chi connectivity index (χ0n) is 9.44. The molecule has 4 heteroatoms. The molecular formula is C11H16N4. The molecule has 0 N–H and O–H groups in total. The number of hydrogen-bond donors (Lipinski definition) is 0. The van der Waals surface area contributed by atoms with Crippen molar-refractivity contribution in [3.05, 3.63) is 11.8 Å². The minimum atomic E-state index is 0.680. The number of nitrogens with zero attached hydrogens (tertiary/aromatic N) is 4. The van der Waals surface area contributed by atoms with Crippen LogP contribution in [-0.2, 0) is 7.05 Å². The summed E-state index contributed by atoms with van der Waals surface area (Å²) in [5, 5.41) is 13.3. The molecule has 1 aliphatic heterocycles. The number of anilines is 1. The van der Waals surface area contributed by atoms with Gasteiger partial charge in [0.25, 0.3) is 0 Å². The van der Waals surface area contributed by atoms with Crippen LogP contribution in [0.5, 0.6) is 0 Å². The van der Waals surface area contributed by atoms with Crippen molar-refractivity contribution < 1.29 is 0 Å². The van der Waals surface area contributed by atoms with Crippen molar-refractivity contribution in [2.24, 2.45) is 18.9 Å². The van der Waals surface area contributed by atoms with Crippen molar-refractivity contribution >= 4 is 5.82 Å². The molecule has 0 aromatic carbocycles. The fourth-order valence-electron chi connectivity index (χ4n) is 1.90. The van der Waals surface area contributed by atoms with Gasteiger partial charge in [0.2, 0.25) is 0 Å². The second-order valence-corrected chi connectivity index (χ2v) is 4.56. The summed E-state index contributed by atoms with van der Waals surface area (Å²) < 4.78 is 1.70. The first-order chi connectivity index (χ1) is 7.11. The highest BCUT2D eigenvalue weighted by atomic mass is 15.4. The first kappa shape index (κ1) is 10.0. The Labute approximate surface area is 90.1 Å². The third-order valence-corrected chi connectivity index (χ3v) is 3.08. The molecule has 0 saturated carbocycles. The number of aryl methyl sites for hydroxylation is 1. The van der Waals surface area contributed by atoms with E-state index in [9.17, 15) is 0 Å². The SMILES string of the molecule is CC(C)C1CN(c2nn(C)cc2C#N)C1. The monoisotopic (exact) mass is 204 g/mol. The van der Waals surface area contributed by atoms with Crippen molar-refractivity contribution in [1.82, 2.24) is 9.78 Å². The van der Waals surface area contributed by atoms with Crippen molar-refractivity contribution in [2.45, 2.75) is 13.8 Å². The number of nitriles is 1. The Bertz CT molecular complexity index is 393. The van der Waals surface area contributed by atoms with Gasteiger partial charge in [0.05, 0.1) is 0 Å². The summed E-state index contributed by atoms with van der Waals surface area (Å²) in [5.41, 5.74) is 0.680. The Morgan fingerprint density at radius 3 is 2.73 bits per heavy atom. The maximum Gasteiger partial charge on any atom is 0.168 e. The highest BCUT2D eigenvalue weighted by Gasteiger charge is 2.31. The van der Waals surface area contributed by atoms with E-state index in [1.165, 1.54) is 0 Å². The molecule has 1 fully saturated rings. The van der Waals surface area contributed by atoms with Gasteiger partial charge in [0.1, 0.15) is 11.6 Å². The molecule has 0 amide bonds. The summed E-state index contributed by atoms with van der Waals surface area (Å²) in [5.74, 6) is 2.31. The van der Waals surface area contributed by atoms with E-state index < -0.39 is 0 Å². The van der Waals surface area contributed by atoms with Gasteiger partial charge in [-0.1, -0.05) is 13.8 Å². The fraction of sp³-hybridized carbons (Fsp3) is 0.636. The second kappa shape index (κ2) is 3.58. The van der Waals surface area contributed by atoms with Crippen LogP contribution >= 0.6 is 0 Å². The zero-order valence-corrected chi connectivity index (χ0v) is 9.44. The van der Waals surface area contributed by atoms with E-state index in [2.05, 4.69) is 29.9 Å². The van der Waals surface area contributed by atoms with Gasteiger partial charge in [0.15, 0.2) is 5.82 Å². The van der Waals surface area contributed by atoms with E-state index in [1.54, 1.807) is 10.9 Å². The van der Waals surface area contributed by atoms with Gasteiger partial charge in [-0.2, -0.15) is 10.4 Å². The third kappa shape index (κ3) is 1.70. The Kier molecular flexibility index (Phi) is 2.39. The normalized spacial score (nSPS) is 16.6. The van der Waals surface area contributed by atoms with Gasteiger partial charge in [-0.05, 0) is 11.8 Å². The molecular weight excluding hydrogens is 188 g/mol. The van der Waals surface area contributed by atoms with Gasteiger partial charge in [-0.15, -0.1) is 0 Å². The predicted octanol–water partition coefficient (Wildman–Crippen LogP) is 1.38. The maximum absolute atomic E-state index is 8.95. The van der Waals surface area contributed by atoms with E-state index >= 15 is 0 Å². The van der Waals surface area contributed by atoms with Crippen molar-refractivity contribution in [3.8, 4) is 6.07 Å². The highest BCUT2D eigenvalue weighted by Crippen LogP contribution is 2.29. The van der Waals surface area contributed by atoms with E-state index in [-0.39, 0.29) is 0 Å². The molecule has 0 bridgehead atoms. The molecule has 1 aromatic rings. The largest absolute Gasteiger partial charge is 0.353 e. The summed E-state index contributed by atoms with van der Waals surface area (Å²) in [6.07, 6.45) is 1.78. The van der Waals surface area contributed by atoms with Crippen molar-refractivity contribution in [3.63, 3.8) is 0 Å². The molecule has 0 unspecified atom stereocenters. The van der Waals surface area contributed by atoms with Crippen molar-refractivity contribution in [1.29, 1.82) is 5.26 Å². The number of aromatic nitrogens is 2. The molecule has 15 heavy (non-hydrogen) atoms. The lowest BCUT2D eigenvalue weighted by Crippen LogP contribution is -2.49. The summed E-state index contributed by atoms with van der Waals surface area (Å²) in [6, 6.07) is 2.18. The smallest absolute Gasteiger partial charge is 0.168 e. The number of hydrogen-bond acceptors (Lipinski definition) is 3. The van der Waals surface area contributed by atoms with Gasteiger partial charge < -0.3 is 4.90 Å². The Morgan fingerprint density at radius 1 is 1.53 bits per heavy atom. The molecule has 1 aliphatic rings. The van der Waals surface area contributed by atoms with Crippen LogP contribution in [0.1, 0.15) is 19.4 Å². The van der Waals surface area contributed by atoms with Crippen LogP contribution < -0.4 is 4.90 Å². The lowest BCUT2D eigenvalue weighted by atomic mass is 9.88. The topological polar surface area (TPSA) is 44.9 Å². The fourth-order valence-corrected chi connectivity index (χ4v) is 1.90. The van der Waals surface area contributed by atoms with Crippen LogP contribution in [-0.4, -0.2) is 22.9 Å². The molecule has 2 heterocycles. The minimum Gasteiger partial charge on any atom is -0.353 e. The summed E-state index contributed by atoms with van der Waals surface area (Å²) in [6.45, 7) is 6.55. The lowest BCUT2D eigenvalue weighted by Gasteiger charge is -2.41. The van der Waals surface area contributed by atoms with Crippen LogP contribution in [0.2, 0.25) is 0 Å². The molecule has 1 aromatic heterocycles. The van der Waals surface area contributed by atoms with E-state index in [1.807, 2.05) is 7.05 Å². The van der Waals surface area contributed by atoms with Gasteiger partial charge >= 0.3 is 0 Å². The van der Waals surface area contributed by atoms with E-state index in [0.717, 1.165) is 30.7 Å². The quantitative estimate of drug-likeness (QED) is 0.731. The number of rotatable bonds is 2. The lowest BCUT2D eigenvalue weighted by molar-refractivity contribution is 0.307. The predicted molar refractivity (Wildman–Crippen MR) is 58.5 cm³/mol. The van der Waals surface area contributed by atoms with Gasteiger partial charge in [-0.25, -0.2) is 0 Å². The average Bonchev–Trinajstić information content (AvgIpc) is 2.43. The van der Waals surface area contributed by atoms with E-state index in [0.29, 0.717) is 5.56 Å². The van der Waals surface area contributed by atoms with E-state index in [4.69, 9.17) is 5.26 Å². The Hall–Kier alpha value is -1.50. The first-order valence-corrected chi connectivity index (χ1v) is 5.30. The third-order valence-electron chi connectivity index (χ3n) is 3.08. The van der Waals surface area contributed by atoms with Crippen LogP contribution in [0.25, 0.3) is 0 Å². The molecule has 0 aliphatic carbocycles. The van der Waals surface area contributed by atoms with Crippen molar-refractivity contribution in [2.75, 3.05) is 18.0 Å². The molecule has 80 valence electrons. The van der Waals surface area contributed by atoms with Crippen LogP contribution in [0.15, 0.2) is 6.20 Å². The molecule has 1 saturated heterocycles. The Morgan fingerprint density at radius 2 is 2.20 bits per heavy atom. The molecule has 0 spiro atoms. The van der Waals surface area contributed by atoms with Crippen LogP contribution in [0.4, 0.5) is 5.82 Å². The van der Waals surface area contributed by atoms with Crippen LogP contribution in [0.3, 0.4) is 0 Å². The Balaban J connectivity index is 2.10. The summed E-state index contributed by atoms with van der Waals surface area (Å²) in [4.78, 5) is 2.18. The molecule has 0 atom stereocenters. The van der Waals surface area contributed by atoms with Crippen LogP contribution in [0, 0.1) is 23.2 Å². The second-order valence-electron chi connectivity index (χ2n) is 4.56. The first-order valence-electron chi connectivity index (χ1n) is 5.30. The molecule has 0 radical (unpaired) electrons. The van der Waals surface area contributed by atoms with Gasteiger partial charge in [0, 0.05) is 26.3 Å².